The summed E-state index contributed by atoms with van der Waals surface area (Å²) in [7, 11) is 0. The number of hydrogen-bond donors (Lipinski definition) is 0. The van der Waals surface area contributed by atoms with Gasteiger partial charge in [-0.15, -0.1) is 0 Å². The summed E-state index contributed by atoms with van der Waals surface area (Å²) in [4.78, 5) is 13.5. The molecule has 0 N–H and O–H groups in total. The highest BCUT2D eigenvalue weighted by atomic mass is 79.9. The number of Topliss-reactive ketones (excluding diaryl/α,β-unsaturated/α-hetero) is 1. The van der Waals surface area contributed by atoms with E-state index in [9.17, 15) is 4.79 Å². The van der Waals surface area contributed by atoms with Crippen molar-refractivity contribution in [2.24, 2.45) is 0 Å². The standard InChI is InChI=1S/C28H24BrNO/c1-19-27(22-12-14-24(29)15-13-22)28-25(30(19)18-20-8-4-2-5-9-20)16-23(17-26(28)31)21-10-6-3-7-11-21/h2-15,23H,16-18H2,1H3. The van der Waals surface area contributed by atoms with Crippen molar-refractivity contribution < 1.29 is 4.79 Å². The Bertz CT molecular complexity index is 1220. The highest BCUT2D eigenvalue weighted by molar-refractivity contribution is 9.10. The van der Waals surface area contributed by atoms with Gasteiger partial charge in [0.25, 0.3) is 0 Å². The SMILES string of the molecule is Cc1c(-c2ccc(Br)cc2)c2c(n1Cc1ccccc1)CC(c1ccccc1)CC2=O. The quantitative estimate of drug-likeness (QED) is 0.310. The van der Waals surface area contributed by atoms with Crippen molar-refractivity contribution in [1.29, 1.82) is 0 Å². The topological polar surface area (TPSA) is 22.0 Å². The molecule has 1 heterocycles. The normalized spacial score (nSPS) is 15.7. The molecule has 0 bridgehead atoms. The largest absolute Gasteiger partial charge is 0.343 e. The van der Waals surface area contributed by atoms with Crippen molar-refractivity contribution in [3.05, 3.63) is 117 Å². The van der Waals surface area contributed by atoms with E-state index in [4.69, 9.17) is 0 Å². The number of hydrogen-bond acceptors (Lipinski definition) is 1. The van der Waals surface area contributed by atoms with Crippen LogP contribution in [0.15, 0.2) is 89.4 Å². The Hall–Kier alpha value is -2.91. The number of nitrogens with zero attached hydrogens (tertiary/aromatic N) is 1. The van der Waals surface area contributed by atoms with Crippen LogP contribution in [0, 0.1) is 6.92 Å². The van der Waals surface area contributed by atoms with Crippen LogP contribution in [0.3, 0.4) is 0 Å². The number of ketones is 1. The van der Waals surface area contributed by atoms with Crippen LogP contribution in [0.1, 0.15) is 45.2 Å². The molecule has 0 spiro atoms. The van der Waals surface area contributed by atoms with Crippen LogP contribution in [0.2, 0.25) is 0 Å². The molecule has 3 aromatic carbocycles. The van der Waals surface area contributed by atoms with Gasteiger partial charge in [-0.05, 0) is 48.1 Å². The van der Waals surface area contributed by atoms with E-state index in [1.165, 1.54) is 22.5 Å². The molecule has 1 aliphatic rings. The molecule has 1 atom stereocenters. The molecule has 3 heteroatoms. The van der Waals surface area contributed by atoms with Crippen molar-refractivity contribution >= 4 is 21.7 Å². The van der Waals surface area contributed by atoms with Gasteiger partial charge in [0.15, 0.2) is 5.78 Å². The Morgan fingerprint density at radius 2 is 1.48 bits per heavy atom. The fourth-order valence-electron chi connectivity index (χ4n) is 4.85. The lowest BCUT2D eigenvalue weighted by Gasteiger charge is -2.24. The van der Waals surface area contributed by atoms with Gasteiger partial charge in [0, 0.05) is 40.0 Å². The van der Waals surface area contributed by atoms with Gasteiger partial charge in [-0.1, -0.05) is 88.7 Å². The predicted octanol–water partition coefficient (Wildman–Crippen LogP) is 7.19. The van der Waals surface area contributed by atoms with Crippen molar-refractivity contribution in [3.8, 4) is 11.1 Å². The summed E-state index contributed by atoms with van der Waals surface area (Å²) in [6, 6.07) is 29.3. The summed E-state index contributed by atoms with van der Waals surface area (Å²) in [5.74, 6) is 0.478. The van der Waals surface area contributed by atoms with E-state index in [1.807, 2.05) is 12.1 Å². The minimum absolute atomic E-state index is 0.225. The van der Waals surface area contributed by atoms with E-state index >= 15 is 0 Å². The van der Waals surface area contributed by atoms with Gasteiger partial charge < -0.3 is 4.57 Å². The maximum Gasteiger partial charge on any atom is 0.165 e. The molecule has 0 aliphatic heterocycles. The minimum atomic E-state index is 0.225. The second-order valence-electron chi connectivity index (χ2n) is 8.30. The Kier molecular flexibility index (Phi) is 5.37. The van der Waals surface area contributed by atoms with Crippen LogP contribution in [0.4, 0.5) is 0 Å². The van der Waals surface area contributed by atoms with Crippen LogP contribution in [-0.4, -0.2) is 10.4 Å². The molecule has 1 aliphatic carbocycles. The van der Waals surface area contributed by atoms with Crippen molar-refractivity contribution in [2.45, 2.75) is 32.2 Å². The summed E-state index contributed by atoms with van der Waals surface area (Å²) in [6.45, 7) is 2.93. The van der Waals surface area contributed by atoms with E-state index in [0.29, 0.717) is 6.42 Å². The highest BCUT2D eigenvalue weighted by Gasteiger charge is 2.33. The third-order valence-corrected chi connectivity index (χ3v) is 6.90. The average molecular weight is 470 g/mol. The van der Waals surface area contributed by atoms with Gasteiger partial charge in [0.1, 0.15) is 0 Å². The maximum absolute atomic E-state index is 13.5. The van der Waals surface area contributed by atoms with Gasteiger partial charge in [-0.25, -0.2) is 0 Å². The third kappa shape index (κ3) is 3.79. The Labute approximate surface area is 191 Å². The first-order valence-electron chi connectivity index (χ1n) is 10.7. The van der Waals surface area contributed by atoms with Crippen molar-refractivity contribution in [3.63, 3.8) is 0 Å². The highest BCUT2D eigenvalue weighted by Crippen LogP contribution is 2.41. The lowest BCUT2D eigenvalue weighted by atomic mass is 9.80. The molecular formula is C28H24BrNO. The number of carbonyl (C=O) groups is 1. The van der Waals surface area contributed by atoms with E-state index in [2.05, 4.69) is 100 Å². The molecule has 0 saturated carbocycles. The first-order chi connectivity index (χ1) is 15.1. The number of aromatic nitrogens is 1. The van der Waals surface area contributed by atoms with Crippen LogP contribution >= 0.6 is 15.9 Å². The molecule has 1 unspecified atom stereocenters. The molecule has 5 rings (SSSR count). The molecule has 154 valence electrons. The van der Waals surface area contributed by atoms with Gasteiger partial charge in [0.2, 0.25) is 0 Å². The number of carbonyl (C=O) groups excluding carboxylic acids is 1. The van der Waals surface area contributed by atoms with Gasteiger partial charge in [0.05, 0.1) is 0 Å². The molecule has 0 radical (unpaired) electrons. The summed E-state index contributed by atoms with van der Waals surface area (Å²) in [5.41, 5.74) is 7.95. The summed E-state index contributed by atoms with van der Waals surface area (Å²) < 4.78 is 3.41. The zero-order valence-corrected chi connectivity index (χ0v) is 19.1. The second kappa shape index (κ2) is 8.32. The number of fused-ring (bicyclic) bond motifs is 1. The lowest BCUT2D eigenvalue weighted by molar-refractivity contribution is 0.0964. The molecule has 1 aromatic heterocycles. The van der Waals surface area contributed by atoms with Gasteiger partial charge >= 0.3 is 0 Å². The molecule has 31 heavy (non-hydrogen) atoms. The summed E-state index contributed by atoms with van der Waals surface area (Å²) >= 11 is 3.53. The van der Waals surface area contributed by atoms with E-state index in [0.717, 1.165) is 34.1 Å². The average Bonchev–Trinajstić information content (AvgIpc) is 3.08. The third-order valence-electron chi connectivity index (χ3n) is 6.37. The van der Waals surface area contributed by atoms with Crippen LogP contribution in [-0.2, 0) is 13.0 Å². The molecular weight excluding hydrogens is 446 g/mol. The Morgan fingerprint density at radius 1 is 0.839 bits per heavy atom. The van der Waals surface area contributed by atoms with E-state index in [-0.39, 0.29) is 11.7 Å². The zero-order chi connectivity index (χ0) is 21.4. The fraction of sp³-hybridized carbons (Fsp3) is 0.179. The Balaban J connectivity index is 1.67. The van der Waals surface area contributed by atoms with Crippen molar-refractivity contribution in [1.82, 2.24) is 4.57 Å². The van der Waals surface area contributed by atoms with Gasteiger partial charge in [-0.3, -0.25) is 4.79 Å². The smallest absolute Gasteiger partial charge is 0.165 e. The monoisotopic (exact) mass is 469 g/mol. The molecule has 4 aromatic rings. The van der Waals surface area contributed by atoms with Crippen LogP contribution in [0.5, 0.6) is 0 Å². The molecule has 2 nitrogen and oxygen atoms in total. The number of benzene rings is 3. The maximum atomic E-state index is 13.5. The second-order valence-corrected chi connectivity index (χ2v) is 9.22. The summed E-state index contributed by atoms with van der Waals surface area (Å²) in [5, 5.41) is 0. The fourth-order valence-corrected chi connectivity index (χ4v) is 5.12. The lowest BCUT2D eigenvalue weighted by Crippen LogP contribution is -2.21. The minimum Gasteiger partial charge on any atom is -0.343 e. The molecule has 0 amide bonds. The number of halogens is 1. The first kappa shape index (κ1) is 20.0. The molecule has 0 saturated heterocycles. The first-order valence-corrected chi connectivity index (χ1v) is 11.5. The molecule has 0 fully saturated rings. The van der Waals surface area contributed by atoms with Gasteiger partial charge in [-0.2, -0.15) is 0 Å². The Morgan fingerprint density at radius 3 is 2.16 bits per heavy atom. The van der Waals surface area contributed by atoms with E-state index in [1.54, 1.807) is 0 Å². The van der Waals surface area contributed by atoms with Crippen molar-refractivity contribution in [2.75, 3.05) is 0 Å². The summed E-state index contributed by atoms with van der Waals surface area (Å²) in [6.07, 6.45) is 1.45. The van der Waals surface area contributed by atoms with Crippen LogP contribution in [0.25, 0.3) is 11.1 Å². The predicted molar refractivity (Wildman–Crippen MR) is 130 cm³/mol. The number of rotatable bonds is 4. The van der Waals surface area contributed by atoms with E-state index < -0.39 is 0 Å². The zero-order valence-electron chi connectivity index (χ0n) is 17.5. The van der Waals surface area contributed by atoms with Crippen LogP contribution < -0.4 is 0 Å².